The zero-order valence-electron chi connectivity index (χ0n) is 12.8. The fourth-order valence-electron chi connectivity index (χ4n) is 1.76. The molecule has 0 saturated heterocycles. The van der Waals surface area contributed by atoms with E-state index in [0.717, 1.165) is 11.4 Å². The van der Waals surface area contributed by atoms with E-state index < -0.39 is 6.04 Å². The van der Waals surface area contributed by atoms with Crippen LogP contribution in [-0.4, -0.2) is 45.9 Å². The average molecular weight is 280 g/mol. The molecule has 0 saturated carbocycles. The summed E-state index contributed by atoms with van der Waals surface area (Å²) in [4.78, 5) is 13.7. The van der Waals surface area contributed by atoms with Gasteiger partial charge in [0.1, 0.15) is 18.4 Å². The van der Waals surface area contributed by atoms with Crippen LogP contribution in [0, 0.1) is 0 Å². The summed E-state index contributed by atoms with van der Waals surface area (Å²) < 4.78 is 10.5. The van der Waals surface area contributed by atoms with Crippen molar-refractivity contribution in [1.82, 2.24) is 5.32 Å². The van der Waals surface area contributed by atoms with Crippen molar-refractivity contribution < 1.29 is 14.3 Å². The first-order valence-corrected chi connectivity index (χ1v) is 6.68. The van der Waals surface area contributed by atoms with Crippen molar-refractivity contribution in [3.8, 4) is 5.75 Å². The molecule has 0 amide bonds. The van der Waals surface area contributed by atoms with E-state index in [0.29, 0.717) is 0 Å². The highest BCUT2D eigenvalue weighted by Gasteiger charge is 2.20. The lowest BCUT2D eigenvalue weighted by Gasteiger charge is -2.20. The largest absolute Gasteiger partial charge is 0.491 e. The summed E-state index contributed by atoms with van der Waals surface area (Å²) in [6, 6.07) is 7.43. The molecule has 5 heteroatoms. The van der Waals surface area contributed by atoms with Crippen molar-refractivity contribution >= 4 is 11.7 Å². The molecule has 5 nitrogen and oxygen atoms in total. The lowest BCUT2D eigenvalue weighted by atomic mass is 10.2. The van der Waals surface area contributed by atoms with Crippen LogP contribution < -0.4 is 15.0 Å². The van der Waals surface area contributed by atoms with E-state index in [1.165, 1.54) is 7.11 Å². The Kier molecular flexibility index (Phi) is 6.31. The molecule has 112 valence electrons. The Morgan fingerprint density at radius 2 is 2.05 bits per heavy atom. The second kappa shape index (κ2) is 7.75. The van der Waals surface area contributed by atoms with E-state index in [9.17, 15) is 4.79 Å². The smallest absolute Gasteiger partial charge is 0.326 e. The van der Waals surface area contributed by atoms with E-state index in [1.54, 1.807) is 0 Å². The number of anilines is 1. The first-order valence-electron chi connectivity index (χ1n) is 6.68. The monoisotopic (exact) mass is 280 g/mol. The van der Waals surface area contributed by atoms with Crippen LogP contribution in [0.5, 0.6) is 5.75 Å². The number of methoxy groups -OCH3 is 1. The minimum absolute atomic E-state index is 0.177. The van der Waals surface area contributed by atoms with Gasteiger partial charge in [-0.2, -0.15) is 0 Å². The number of hydrogen-bond donors (Lipinski definition) is 1. The molecule has 0 radical (unpaired) electrons. The van der Waals surface area contributed by atoms with Crippen molar-refractivity contribution in [3.63, 3.8) is 0 Å². The Balaban J connectivity index is 2.67. The van der Waals surface area contributed by atoms with E-state index in [-0.39, 0.29) is 18.6 Å². The Hall–Kier alpha value is -1.75. The molecule has 1 aromatic carbocycles. The number of benzene rings is 1. The predicted octanol–water partition coefficient (Wildman–Crippen LogP) is 1.67. The van der Waals surface area contributed by atoms with Crippen LogP contribution in [0.4, 0.5) is 5.69 Å². The van der Waals surface area contributed by atoms with Crippen LogP contribution in [0.15, 0.2) is 24.3 Å². The molecule has 0 aliphatic heterocycles. The summed E-state index contributed by atoms with van der Waals surface area (Å²) in [7, 11) is 5.32. The minimum atomic E-state index is -0.469. The van der Waals surface area contributed by atoms with Gasteiger partial charge in [-0.15, -0.1) is 0 Å². The third-order valence-corrected chi connectivity index (χ3v) is 2.77. The summed E-state index contributed by atoms with van der Waals surface area (Å²) in [5.74, 6) is 0.415. The number of rotatable bonds is 7. The number of hydrogen-bond acceptors (Lipinski definition) is 5. The van der Waals surface area contributed by atoms with Crippen molar-refractivity contribution in [3.05, 3.63) is 24.3 Å². The van der Waals surface area contributed by atoms with Crippen LogP contribution in [0.2, 0.25) is 0 Å². The van der Waals surface area contributed by atoms with Crippen LogP contribution >= 0.6 is 0 Å². The van der Waals surface area contributed by atoms with Gasteiger partial charge in [-0.05, 0) is 12.1 Å². The zero-order chi connectivity index (χ0) is 15.1. The molecule has 0 aliphatic carbocycles. The maximum Gasteiger partial charge on any atom is 0.326 e. The second-order valence-corrected chi connectivity index (χ2v) is 5.10. The molecule has 20 heavy (non-hydrogen) atoms. The summed E-state index contributed by atoms with van der Waals surface area (Å²) >= 11 is 0. The van der Waals surface area contributed by atoms with E-state index in [2.05, 4.69) is 5.32 Å². The van der Waals surface area contributed by atoms with Gasteiger partial charge in [-0.1, -0.05) is 19.9 Å². The highest BCUT2D eigenvalue weighted by Crippen LogP contribution is 2.19. The van der Waals surface area contributed by atoms with Crippen molar-refractivity contribution in [2.75, 3.05) is 32.7 Å². The van der Waals surface area contributed by atoms with Gasteiger partial charge in [0.25, 0.3) is 0 Å². The maximum absolute atomic E-state index is 11.7. The summed E-state index contributed by atoms with van der Waals surface area (Å²) in [6.45, 7) is 4.19. The molecular formula is C15H24N2O3. The quantitative estimate of drug-likeness (QED) is 0.770. The Labute approximate surface area is 120 Å². The van der Waals surface area contributed by atoms with Crippen LogP contribution in [0.1, 0.15) is 13.8 Å². The van der Waals surface area contributed by atoms with E-state index >= 15 is 0 Å². The zero-order valence-corrected chi connectivity index (χ0v) is 12.8. The van der Waals surface area contributed by atoms with Crippen LogP contribution in [-0.2, 0) is 9.53 Å². The van der Waals surface area contributed by atoms with Gasteiger partial charge in [0.2, 0.25) is 0 Å². The topological polar surface area (TPSA) is 50.8 Å². The summed E-state index contributed by atoms with van der Waals surface area (Å²) in [5, 5.41) is 3.13. The molecular weight excluding hydrogens is 256 g/mol. The normalized spacial score (nSPS) is 12.1. The van der Waals surface area contributed by atoms with Crippen LogP contribution in [0.25, 0.3) is 0 Å². The second-order valence-electron chi connectivity index (χ2n) is 5.10. The molecule has 1 N–H and O–H groups in total. The van der Waals surface area contributed by atoms with E-state index in [4.69, 9.17) is 9.47 Å². The molecule has 0 heterocycles. The number of carbonyl (C=O) groups is 1. The predicted molar refractivity (Wildman–Crippen MR) is 80.3 cm³/mol. The van der Waals surface area contributed by atoms with Crippen molar-refractivity contribution in [1.29, 1.82) is 0 Å². The minimum Gasteiger partial charge on any atom is -0.491 e. The highest BCUT2D eigenvalue weighted by molar-refractivity contribution is 5.75. The molecule has 0 aromatic heterocycles. The fraction of sp³-hybridized carbons (Fsp3) is 0.533. The number of ether oxygens (including phenoxy) is 2. The van der Waals surface area contributed by atoms with Gasteiger partial charge in [-0.3, -0.25) is 10.1 Å². The van der Waals surface area contributed by atoms with Crippen molar-refractivity contribution in [2.24, 2.45) is 0 Å². The van der Waals surface area contributed by atoms with Crippen molar-refractivity contribution in [2.45, 2.75) is 25.9 Å². The van der Waals surface area contributed by atoms with Gasteiger partial charge in [0.05, 0.1) is 7.11 Å². The first kappa shape index (κ1) is 16.3. The van der Waals surface area contributed by atoms with Gasteiger partial charge in [-0.25, -0.2) is 0 Å². The van der Waals surface area contributed by atoms with Gasteiger partial charge >= 0.3 is 5.97 Å². The number of esters is 1. The Morgan fingerprint density at radius 1 is 1.35 bits per heavy atom. The van der Waals surface area contributed by atoms with Gasteiger partial charge in [0, 0.05) is 31.9 Å². The Morgan fingerprint density at radius 3 is 2.60 bits per heavy atom. The standard InChI is InChI=1S/C15H24N2O3/c1-11(2)16-14(15(18)19-5)10-20-13-8-6-7-12(9-13)17(3)4/h6-9,11,14,16H,10H2,1-5H3. The first-order chi connectivity index (χ1) is 9.43. The molecule has 1 atom stereocenters. The highest BCUT2D eigenvalue weighted by atomic mass is 16.5. The molecule has 0 aliphatic rings. The summed E-state index contributed by atoms with van der Waals surface area (Å²) in [5.41, 5.74) is 1.05. The summed E-state index contributed by atoms with van der Waals surface area (Å²) in [6.07, 6.45) is 0. The molecule has 0 spiro atoms. The SMILES string of the molecule is COC(=O)C(COc1cccc(N(C)C)c1)NC(C)C. The third-order valence-electron chi connectivity index (χ3n) is 2.77. The molecule has 1 unspecified atom stereocenters. The third kappa shape index (κ3) is 5.09. The molecule has 0 fully saturated rings. The number of nitrogens with one attached hydrogen (secondary N) is 1. The van der Waals surface area contributed by atoms with Gasteiger partial charge < -0.3 is 14.4 Å². The Bertz CT molecular complexity index is 433. The lowest BCUT2D eigenvalue weighted by molar-refractivity contribution is -0.144. The number of carbonyl (C=O) groups excluding carboxylic acids is 1. The fourth-order valence-corrected chi connectivity index (χ4v) is 1.76. The molecule has 1 rings (SSSR count). The van der Waals surface area contributed by atoms with Crippen LogP contribution in [0.3, 0.4) is 0 Å². The molecule has 0 bridgehead atoms. The van der Waals surface area contributed by atoms with Gasteiger partial charge in [0.15, 0.2) is 0 Å². The molecule has 1 aromatic rings. The van der Waals surface area contributed by atoms with E-state index in [1.807, 2.05) is 57.1 Å². The lowest BCUT2D eigenvalue weighted by Crippen LogP contribution is -2.45. The number of nitrogens with zero attached hydrogens (tertiary/aromatic N) is 1. The average Bonchev–Trinajstić information content (AvgIpc) is 2.42. The maximum atomic E-state index is 11.7.